The van der Waals surface area contributed by atoms with E-state index in [1.807, 2.05) is 0 Å². The molecule has 3 rings (SSSR count). The molecule has 1 unspecified atom stereocenters. The minimum atomic E-state index is -0.102. The molecule has 0 N–H and O–H groups in total. The van der Waals surface area contributed by atoms with Gasteiger partial charge in [0.1, 0.15) is 5.78 Å². The summed E-state index contributed by atoms with van der Waals surface area (Å²) in [7, 11) is 0. The lowest BCUT2D eigenvalue weighted by Crippen LogP contribution is -2.40. The summed E-state index contributed by atoms with van der Waals surface area (Å²) in [6, 6.07) is 8.64. The zero-order valence-electron chi connectivity index (χ0n) is 12.0. The second-order valence-electron chi connectivity index (χ2n) is 6.78. The van der Waals surface area contributed by atoms with Gasteiger partial charge in [0.25, 0.3) is 0 Å². The van der Waals surface area contributed by atoms with Crippen LogP contribution >= 0.6 is 0 Å². The number of ketones is 1. The second kappa shape index (κ2) is 4.75. The van der Waals surface area contributed by atoms with Crippen LogP contribution in [0.5, 0.6) is 0 Å². The molecule has 0 spiro atoms. The van der Waals surface area contributed by atoms with Crippen LogP contribution in [0.3, 0.4) is 0 Å². The number of carbonyl (C=O) groups is 1. The molecule has 1 aromatic rings. The average Bonchev–Trinajstić information content (AvgIpc) is 2.77. The van der Waals surface area contributed by atoms with Crippen molar-refractivity contribution in [1.82, 2.24) is 4.90 Å². The van der Waals surface area contributed by atoms with E-state index in [-0.39, 0.29) is 11.3 Å². The summed E-state index contributed by atoms with van der Waals surface area (Å²) < 4.78 is 0. The van der Waals surface area contributed by atoms with Crippen LogP contribution in [0.2, 0.25) is 0 Å². The van der Waals surface area contributed by atoms with Gasteiger partial charge in [-0.05, 0) is 24.0 Å². The fourth-order valence-corrected chi connectivity index (χ4v) is 3.62. The number of rotatable bonds is 2. The molecule has 102 valence electrons. The molecule has 0 aromatic heterocycles. The van der Waals surface area contributed by atoms with Crippen LogP contribution < -0.4 is 0 Å². The lowest BCUT2D eigenvalue weighted by atomic mass is 9.71. The normalized spacial score (nSPS) is 26.4. The van der Waals surface area contributed by atoms with Crippen LogP contribution in [-0.2, 0) is 17.9 Å². The summed E-state index contributed by atoms with van der Waals surface area (Å²) in [6.07, 6.45) is 3.34. The highest BCUT2D eigenvalue weighted by Crippen LogP contribution is 2.36. The predicted octanol–water partition coefficient (Wildman–Crippen LogP) is 3.40. The van der Waals surface area contributed by atoms with Gasteiger partial charge in [0.15, 0.2) is 0 Å². The number of benzene rings is 1. The van der Waals surface area contributed by atoms with Crippen LogP contribution in [0.15, 0.2) is 24.3 Å². The Morgan fingerprint density at radius 3 is 2.47 bits per heavy atom. The number of fused-ring (bicyclic) bond motifs is 1. The van der Waals surface area contributed by atoms with E-state index in [2.05, 4.69) is 43.0 Å². The molecule has 1 saturated carbocycles. The molecule has 1 atom stereocenters. The van der Waals surface area contributed by atoms with Crippen LogP contribution in [0.25, 0.3) is 0 Å². The SMILES string of the molecule is CC1(C)CCCC(CN2Cc3ccccc3C2)C1=O. The molecule has 1 aliphatic carbocycles. The smallest absolute Gasteiger partial charge is 0.142 e. The highest BCUT2D eigenvalue weighted by Gasteiger charge is 2.38. The van der Waals surface area contributed by atoms with Gasteiger partial charge in [0.2, 0.25) is 0 Å². The number of hydrogen-bond donors (Lipinski definition) is 0. The molecule has 0 saturated heterocycles. The molecule has 0 radical (unpaired) electrons. The number of carbonyl (C=O) groups excluding carboxylic acids is 1. The second-order valence-corrected chi connectivity index (χ2v) is 6.78. The Labute approximate surface area is 115 Å². The third-order valence-corrected chi connectivity index (χ3v) is 4.78. The summed E-state index contributed by atoms with van der Waals surface area (Å²) in [4.78, 5) is 14.9. The summed E-state index contributed by atoms with van der Waals surface area (Å²) >= 11 is 0. The first-order chi connectivity index (χ1) is 9.06. The Bertz CT molecular complexity index is 467. The molecule has 0 amide bonds. The molecule has 1 heterocycles. The van der Waals surface area contributed by atoms with Crippen LogP contribution in [0, 0.1) is 11.3 Å². The van der Waals surface area contributed by atoms with Crippen molar-refractivity contribution >= 4 is 5.78 Å². The molecule has 0 bridgehead atoms. The topological polar surface area (TPSA) is 20.3 Å². The van der Waals surface area contributed by atoms with Crippen LogP contribution in [0.4, 0.5) is 0 Å². The minimum Gasteiger partial charge on any atom is -0.299 e. The van der Waals surface area contributed by atoms with Gasteiger partial charge in [-0.1, -0.05) is 44.5 Å². The summed E-state index contributed by atoms with van der Waals surface area (Å²) in [5.41, 5.74) is 2.77. The molecule has 1 fully saturated rings. The van der Waals surface area contributed by atoms with E-state index in [1.165, 1.54) is 17.5 Å². The van der Waals surface area contributed by atoms with Crippen molar-refractivity contribution in [2.24, 2.45) is 11.3 Å². The summed E-state index contributed by atoms with van der Waals surface area (Å²) in [5, 5.41) is 0. The Kier molecular flexibility index (Phi) is 3.22. The van der Waals surface area contributed by atoms with Crippen molar-refractivity contribution in [2.45, 2.75) is 46.2 Å². The Morgan fingerprint density at radius 2 is 1.84 bits per heavy atom. The number of nitrogens with zero attached hydrogens (tertiary/aromatic N) is 1. The molecule has 2 aliphatic rings. The molecular formula is C17H23NO. The van der Waals surface area contributed by atoms with Gasteiger partial charge < -0.3 is 0 Å². The van der Waals surface area contributed by atoms with Gasteiger partial charge in [0, 0.05) is 31.0 Å². The van der Waals surface area contributed by atoms with Crippen molar-refractivity contribution in [3.8, 4) is 0 Å². The highest BCUT2D eigenvalue weighted by molar-refractivity contribution is 5.87. The first kappa shape index (κ1) is 12.9. The highest BCUT2D eigenvalue weighted by atomic mass is 16.1. The van der Waals surface area contributed by atoms with E-state index in [0.29, 0.717) is 5.78 Å². The third kappa shape index (κ3) is 2.46. The van der Waals surface area contributed by atoms with Gasteiger partial charge in [-0.3, -0.25) is 9.69 Å². The first-order valence-electron chi connectivity index (χ1n) is 7.40. The molecule has 2 heteroatoms. The first-order valence-corrected chi connectivity index (χ1v) is 7.40. The largest absolute Gasteiger partial charge is 0.299 e. The van der Waals surface area contributed by atoms with Gasteiger partial charge in [-0.25, -0.2) is 0 Å². The molecule has 1 aromatic carbocycles. The Morgan fingerprint density at radius 1 is 1.21 bits per heavy atom. The Hall–Kier alpha value is -1.15. The quantitative estimate of drug-likeness (QED) is 0.809. The van der Waals surface area contributed by atoms with Crippen molar-refractivity contribution < 1.29 is 4.79 Å². The predicted molar refractivity (Wildman–Crippen MR) is 76.7 cm³/mol. The van der Waals surface area contributed by atoms with Crippen LogP contribution in [0.1, 0.15) is 44.2 Å². The van der Waals surface area contributed by atoms with Crippen LogP contribution in [-0.4, -0.2) is 17.2 Å². The van der Waals surface area contributed by atoms with Gasteiger partial charge in [-0.15, -0.1) is 0 Å². The van der Waals surface area contributed by atoms with Gasteiger partial charge >= 0.3 is 0 Å². The average molecular weight is 257 g/mol. The van der Waals surface area contributed by atoms with Crippen molar-refractivity contribution in [3.05, 3.63) is 35.4 Å². The minimum absolute atomic E-state index is 0.102. The van der Waals surface area contributed by atoms with Gasteiger partial charge in [-0.2, -0.15) is 0 Å². The Balaban J connectivity index is 1.66. The van der Waals surface area contributed by atoms with E-state index in [1.54, 1.807) is 0 Å². The van der Waals surface area contributed by atoms with Crippen molar-refractivity contribution in [3.63, 3.8) is 0 Å². The summed E-state index contributed by atoms with van der Waals surface area (Å²) in [6.45, 7) is 7.19. The zero-order chi connectivity index (χ0) is 13.5. The number of hydrogen-bond acceptors (Lipinski definition) is 2. The molecule has 19 heavy (non-hydrogen) atoms. The third-order valence-electron chi connectivity index (χ3n) is 4.78. The monoisotopic (exact) mass is 257 g/mol. The van der Waals surface area contributed by atoms with E-state index in [9.17, 15) is 4.79 Å². The van der Waals surface area contributed by atoms with Crippen molar-refractivity contribution in [2.75, 3.05) is 6.54 Å². The van der Waals surface area contributed by atoms with E-state index in [0.717, 1.165) is 32.5 Å². The van der Waals surface area contributed by atoms with E-state index < -0.39 is 0 Å². The lowest BCUT2D eigenvalue weighted by Gasteiger charge is -2.35. The zero-order valence-corrected chi connectivity index (χ0v) is 12.0. The van der Waals surface area contributed by atoms with E-state index in [4.69, 9.17) is 0 Å². The molecule has 2 nitrogen and oxygen atoms in total. The van der Waals surface area contributed by atoms with Crippen molar-refractivity contribution in [1.29, 1.82) is 0 Å². The summed E-state index contributed by atoms with van der Waals surface area (Å²) in [5.74, 6) is 0.729. The maximum absolute atomic E-state index is 12.5. The molecular weight excluding hydrogens is 234 g/mol. The standard InChI is InChI=1S/C17H23NO/c1-17(2)9-5-8-15(16(17)19)12-18-10-13-6-3-4-7-14(13)11-18/h3-4,6-7,15H,5,8-12H2,1-2H3. The maximum atomic E-state index is 12.5. The lowest BCUT2D eigenvalue weighted by molar-refractivity contribution is -0.135. The van der Waals surface area contributed by atoms with E-state index >= 15 is 0 Å². The van der Waals surface area contributed by atoms with Gasteiger partial charge in [0.05, 0.1) is 0 Å². The molecule has 1 aliphatic heterocycles. The number of Topliss-reactive ketones (excluding diaryl/α,β-unsaturated/α-hetero) is 1. The fraction of sp³-hybridized carbons (Fsp3) is 0.588. The fourth-order valence-electron chi connectivity index (χ4n) is 3.62. The maximum Gasteiger partial charge on any atom is 0.142 e.